The minimum absolute atomic E-state index is 0.115. The van der Waals surface area contributed by atoms with Crippen molar-refractivity contribution in [1.29, 1.82) is 0 Å². The predicted molar refractivity (Wildman–Crippen MR) is 90.4 cm³/mol. The van der Waals surface area contributed by atoms with Crippen LogP contribution >= 0.6 is 0 Å². The maximum atomic E-state index is 12.6. The third-order valence-corrected chi connectivity index (χ3v) is 4.92. The van der Waals surface area contributed by atoms with E-state index in [0.717, 1.165) is 44.6 Å². The number of fused-ring (bicyclic) bond motifs is 1. The van der Waals surface area contributed by atoms with Crippen LogP contribution in [0.15, 0.2) is 24.3 Å². The van der Waals surface area contributed by atoms with Crippen molar-refractivity contribution in [2.45, 2.75) is 19.3 Å². The van der Waals surface area contributed by atoms with E-state index in [1.165, 1.54) is 5.56 Å². The van der Waals surface area contributed by atoms with E-state index in [1.807, 2.05) is 37.2 Å². The van der Waals surface area contributed by atoms with Gasteiger partial charge in [0.2, 0.25) is 11.8 Å². The molecular formula is C18H25N3O2. The van der Waals surface area contributed by atoms with Crippen LogP contribution in [0.25, 0.3) is 0 Å². The highest BCUT2D eigenvalue weighted by Crippen LogP contribution is 2.28. The number of likely N-dealkylation sites (tertiary alicyclic amines) is 1. The molecule has 3 rings (SSSR count). The summed E-state index contributed by atoms with van der Waals surface area (Å²) in [6, 6.07) is 8.14. The molecule has 2 aliphatic rings. The largest absolute Gasteiger partial charge is 0.349 e. The van der Waals surface area contributed by atoms with Crippen LogP contribution in [-0.4, -0.2) is 61.9 Å². The van der Waals surface area contributed by atoms with Gasteiger partial charge < -0.3 is 9.80 Å². The van der Waals surface area contributed by atoms with Gasteiger partial charge in [0.15, 0.2) is 0 Å². The number of carbonyl (C=O) groups is 2. The minimum Gasteiger partial charge on any atom is -0.349 e. The summed E-state index contributed by atoms with van der Waals surface area (Å²) in [6.07, 6.45) is 2.64. The SMILES string of the molecule is CN(C)C(=O)C1CCN(CC(=O)N2CCc3ccccc32)CC1. The summed E-state index contributed by atoms with van der Waals surface area (Å²) < 4.78 is 0. The van der Waals surface area contributed by atoms with E-state index in [9.17, 15) is 9.59 Å². The van der Waals surface area contributed by atoms with Crippen LogP contribution in [0.4, 0.5) is 5.69 Å². The molecule has 0 unspecified atom stereocenters. The summed E-state index contributed by atoms with van der Waals surface area (Å²) in [6.45, 7) is 2.89. The molecule has 0 saturated carbocycles. The van der Waals surface area contributed by atoms with Gasteiger partial charge in [-0.05, 0) is 44.0 Å². The van der Waals surface area contributed by atoms with E-state index in [4.69, 9.17) is 0 Å². The fourth-order valence-electron chi connectivity index (χ4n) is 3.58. The van der Waals surface area contributed by atoms with Crippen molar-refractivity contribution in [3.8, 4) is 0 Å². The van der Waals surface area contributed by atoms with E-state index in [0.29, 0.717) is 6.54 Å². The van der Waals surface area contributed by atoms with Crippen LogP contribution in [0.3, 0.4) is 0 Å². The van der Waals surface area contributed by atoms with Gasteiger partial charge in [0.25, 0.3) is 0 Å². The number of amides is 2. The quantitative estimate of drug-likeness (QED) is 0.846. The van der Waals surface area contributed by atoms with Gasteiger partial charge in [0, 0.05) is 32.2 Å². The second kappa shape index (κ2) is 6.71. The third-order valence-electron chi connectivity index (χ3n) is 4.92. The Morgan fingerprint density at radius 3 is 2.52 bits per heavy atom. The summed E-state index contributed by atoms with van der Waals surface area (Å²) in [7, 11) is 3.62. The van der Waals surface area contributed by atoms with Gasteiger partial charge in [-0.1, -0.05) is 18.2 Å². The molecule has 1 saturated heterocycles. The van der Waals surface area contributed by atoms with Crippen molar-refractivity contribution in [2.24, 2.45) is 5.92 Å². The van der Waals surface area contributed by atoms with Gasteiger partial charge in [0.05, 0.1) is 6.54 Å². The number of para-hydroxylation sites is 1. The Hall–Kier alpha value is -1.88. The number of nitrogens with zero attached hydrogens (tertiary/aromatic N) is 3. The average molecular weight is 315 g/mol. The fraction of sp³-hybridized carbons (Fsp3) is 0.556. The van der Waals surface area contributed by atoms with Gasteiger partial charge >= 0.3 is 0 Å². The molecule has 2 amide bonds. The first-order valence-electron chi connectivity index (χ1n) is 8.38. The van der Waals surface area contributed by atoms with Crippen molar-refractivity contribution in [2.75, 3.05) is 45.2 Å². The molecule has 0 atom stereocenters. The van der Waals surface area contributed by atoms with E-state index in [-0.39, 0.29) is 17.7 Å². The van der Waals surface area contributed by atoms with Gasteiger partial charge in [-0.25, -0.2) is 0 Å². The van der Waals surface area contributed by atoms with Crippen LogP contribution in [0.5, 0.6) is 0 Å². The molecule has 124 valence electrons. The molecule has 5 heteroatoms. The van der Waals surface area contributed by atoms with Crippen LogP contribution in [-0.2, 0) is 16.0 Å². The maximum absolute atomic E-state index is 12.6. The van der Waals surface area contributed by atoms with E-state index >= 15 is 0 Å². The van der Waals surface area contributed by atoms with Gasteiger partial charge in [-0.3, -0.25) is 14.5 Å². The zero-order valence-corrected chi connectivity index (χ0v) is 14.0. The van der Waals surface area contributed by atoms with E-state index in [1.54, 1.807) is 4.90 Å². The van der Waals surface area contributed by atoms with Crippen molar-refractivity contribution in [1.82, 2.24) is 9.80 Å². The molecule has 0 spiro atoms. The molecule has 23 heavy (non-hydrogen) atoms. The number of rotatable bonds is 3. The Morgan fingerprint density at radius 1 is 1.13 bits per heavy atom. The lowest BCUT2D eigenvalue weighted by Crippen LogP contribution is -2.45. The number of benzene rings is 1. The van der Waals surface area contributed by atoms with Crippen LogP contribution in [0.1, 0.15) is 18.4 Å². The normalized spacial score (nSPS) is 18.8. The highest BCUT2D eigenvalue weighted by molar-refractivity contribution is 5.96. The minimum atomic E-state index is 0.115. The molecule has 5 nitrogen and oxygen atoms in total. The number of carbonyl (C=O) groups excluding carboxylic acids is 2. The lowest BCUT2D eigenvalue weighted by molar-refractivity contribution is -0.134. The Kier molecular flexibility index (Phi) is 4.66. The zero-order valence-electron chi connectivity index (χ0n) is 14.0. The Morgan fingerprint density at radius 2 is 1.83 bits per heavy atom. The molecule has 0 aliphatic carbocycles. The first-order valence-corrected chi connectivity index (χ1v) is 8.38. The Bertz CT molecular complexity index is 592. The molecule has 1 aromatic rings. The van der Waals surface area contributed by atoms with E-state index < -0.39 is 0 Å². The molecule has 0 bridgehead atoms. The Balaban J connectivity index is 1.54. The average Bonchev–Trinajstić information content (AvgIpc) is 2.99. The summed E-state index contributed by atoms with van der Waals surface area (Å²) >= 11 is 0. The molecule has 1 fully saturated rings. The lowest BCUT2D eigenvalue weighted by Gasteiger charge is -2.32. The van der Waals surface area contributed by atoms with Crippen molar-refractivity contribution in [3.05, 3.63) is 29.8 Å². The lowest BCUT2D eigenvalue weighted by atomic mass is 9.95. The summed E-state index contributed by atoms with van der Waals surface area (Å²) in [5.74, 6) is 0.501. The second-order valence-electron chi connectivity index (χ2n) is 6.71. The molecule has 1 aromatic carbocycles. The maximum Gasteiger partial charge on any atom is 0.241 e. The smallest absolute Gasteiger partial charge is 0.241 e. The number of piperidine rings is 1. The molecular weight excluding hydrogens is 290 g/mol. The third kappa shape index (κ3) is 3.39. The Labute approximate surface area is 137 Å². The van der Waals surface area contributed by atoms with Crippen molar-refractivity contribution in [3.63, 3.8) is 0 Å². The van der Waals surface area contributed by atoms with Gasteiger partial charge in [-0.2, -0.15) is 0 Å². The highest BCUT2D eigenvalue weighted by Gasteiger charge is 2.29. The monoisotopic (exact) mass is 315 g/mol. The molecule has 0 radical (unpaired) electrons. The predicted octanol–water partition coefficient (Wildman–Crippen LogP) is 1.38. The first kappa shape index (κ1) is 16.0. The summed E-state index contributed by atoms with van der Waals surface area (Å²) in [4.78, 5) is 30.4. The van der Waals surface area contributed by atoms with Gasteiger partial charge in [0.1, 0.15) is 0 Å². The molecule has 0 N–H and O–H groups in total. The molecule has 2 heterocycles. The van der Waals surface area contributed by atoms with Crippen LogP contribution in [0, 0.1) is 5.92 Å². The second-order valence-corrected chi connectivity index (χ2v) is 6.71. The molecule has 0 aromatic heterocycles. The van der Waals surface area contributed by atoms with Crippen LogP contribution < -0.4 is 4.90 Å². The van der Waals surface area contributed by atoms with E-state index in [2.05, 4.69) is 11.0 Å². The number of hydrogen-bond donors (Lipinski definition) is 0. The number of anilines is 1. The van der Waals surface area contributed by atoms with Crippen molar-refractivity contribution < 1.29 is 9.59 Å². The zero-order chi connectivity index (χ0) is 16.4. The van der Waals surface area contributed by atoms with Crippen LogP contribution in [0.2, 0.25) is 0 Å². The van der Waals surface area contributed by atoms with Crippen molar-refractivity contribution >= 4 is 17.5 Å². The highest BCUT2D eigenvalue weighted by atomic mass is 16.2. The standard InChI is InChI=1S/C18H25N3O2/c1-19(2)18(23)15-7-10-20(11-8-15)13-17(22)21-12-9-14-5-3-4-6-16(14)21/h3-6,15H,7-13H2,1-2H3. The summed E-state index contributed by atoms with van der Waals surface area (Å²) in [5.41, 5.74) is 2.33. The first-order chi connectivity index (χ1) is 11.1. The summed E-state index contributed by atoms with van der Waals surface area (Å²) in [5, 5.41) is 0. The van der Waals surface area contributed by atoms with Gasteiger partial charge in [-0.15, -0.1) is 0 Å². The topological polar surface area (TPSA) is 43.9 Å². The molecule has 2 aliphatic heterocycles. The fourth-order valence-corrected chi connectivity index (χ4v) is 3.58. The number of hydrogen-bond acceptors (Lipinski definition) is 3.